The second kappa shape index (κ2) is 10.3. The number of amides is 1. The minimum absolute atomic E-state index is 0.152. The monoisotopic (exact) mass is 464 g/mol. The highest BCUT2D eigenvalue weighted by Gasteiger charge is 2.18. The van der Waals surface area contributed by atoms with Crippen LogP contribution in [0.15, 0.2) is 70.4 Å². The highest BCUT2D eigenvalue weighted by Crippen LogP contribution is 2.30. The lowest BCUT2D eigenvalue weighted by atomic mass is 10.1. The first kappa shape index (κ1) is 22.5. The van der Waals surface area contributed by atoms with E-state index in [1.165, 1.54) is 11.8 Å². The number of aryl methyl sites for hydroxylation is 1. The molecular weight excluding hydrogens is 440 g/mol. The Hall–Kier alpha value is -3.72. The summed E-state index contributed by atoms with van der Waals surface area (Å²) in [5.41, 5.74) is 2.65. The minimum Gasteiger partial charge on any atom is -0.497 e. The van der Waals surface area contributed by atoms with E-state index >= 15 is 0 Å². The Balaban J connectivity index is 1.52. The highest BCUT2D eigenvalue weighted by molar-refractivity contribution is 7.99. The summed E-state index contributed by atoms with van der Waals surface area (Å²) in [6.45, 7) is 2.49. The fraction of sp³-hybridized carbons (Fsp3) is 0.208. The van der Waals surface area contributed by atoms with E-state index in [4.69, 9.17) is 13.9 Å². The van der Waals surface area contributed by atoms with Crippen LogP contribution in [0.3, 0.4) is 0 Å². The lowest BCUT2D eigenvalue weighted by Crippen LogP contribution is -2.15. The summed E-state index contributed by atoms with van der Waals surface area (Å²) in [7, 11) is 3.12. The van der Waals surface area contributed by atoms with Crippen molar-refractivity contribution in [3.8, 4) is 22.9 Å². The van der Waals surface area contributed by atoms with Crippen molar-refractivity contribution in [3.63, 3.8) is 0 Å². The van der Waals surface area contributed by atoms with Crippen molar-refractivity contribution in [1.82, 2.24) is 14.8 Å². The summed E-state index contributed by atoms with van der Waals surface area (Å²) >= 11 is 1.31. The summed E-state index contributed by atoms with van der Waals surface area (Å²) in [4.78, 5) is 12.7. The first-order valence-electron chi connectivity index (χ1n) is 10.2. The third kappa shape index (κ3) is 5.38. The highest BCUT2D eigenvalue weighted by atomic mass is 32.2. The number of hydrogen-bond acceptors (Lipinski definition) is 7. The standard InChI is InChI=1S/C24H24N4O4S/c1-16-6-4-7-17(12-16)23-26-27-24(28(23)14-19-8-5-11-32-19)33-15-22(29)25-20-10-9-18(30-2)13-21(20)31-3/h4-13H,14-15H2,1-3H3,(H,25,29). The van der Waals surface area contributed by atoms with Gasteiger partial charge in [0.05, 0.1) is 38.5 Å². The predicted molar refractivity (Wildman–Crippen MR) is 127 cm³/mol. The Morgan fingerprint density at radius 3 is 2.70 bits per heavy atom. The van der Waals surface area contributed by atoms with E-state index in [9.17, 15) is 4.79 Å². The van der Waals surface area contributed by atoms with Gasteiger partial charge in [-0.05, 0) is 37.3 Å². The average Bonchev–Trinajstić information content (AvgIpc) is 3.48. The molecule has 0 radical (unpaired) electrons. The number of methoxy groups -OCH3 is 2. The van der Waals surface area contributed by atoms with Gasteiger partial charge in [0.1, 0.15) is 17.3 Å². The lowest BCUT2D eigenvalue weighted by molar-refractivity contribution is -0.113. The summed E-state index contributed by atoms with van der Waals surface area (Å²) in [6.07, 6.45) is 1.63. The predicted octanol–water partition coefficient (Wildman–Crippen LogP) is 4.64. The van der Waals surface area contributed by atoms with E-state index < -0.39 is 0 Å². The van der Waals surface area contributed by atoms with Crippen molar-refractivity contribution in [1.29, 1.82) is 0 Å². The fourth-order valence-corrected chi connectivity index (χ4v) is 4.05. The molecule has 2 aromatic heterocycles. The van der Waals surface area contributed by atoms with Gasteiger partial charge >= 0.3 is 0 Å². The average molecular weight is 465 g/mol. The Bertz CT molecular complexity index is 1240. The molecule has 2 heterocycles. The van der Waals surface area contributed by atoms with Gasteiger partial charge in [0.25, 0.3) is 0 Å². The van der Waals surface area contributed by atoms with Crippen LogP contribution in [0, 0.1) is 6.92 Å². The number of anilines is 1. The number of ether oxygens (including phenoxy) is 2. The van der Waals surface area contributed by atoms with Crippen molar-refractivity contribution in [3.05, 3.63) is 72.2 Å². The molecule has 1 N–H and O–H groups in total. The van der Waals surface area contributed by atoms with Crippen molar-refractivity contribution >= 4 is 23.4 Å². The zero-order valence-electron chi connectivity index (χ0n) is 18.6. The number of carbonyl (C=O) groups excluding carboxylic acids is 1. The molecule has 33 heavy (non-hydrogen) atoms. The molecular formula is C24H24N4O4S. The number of thioether (sulfide) groups is 1. The van der Waals surface area contributed by atoms with Crippen molar-refractivity contribution in [2.45, 2.75) is 18.6 Å². The topological polar surface area (TPSA) is 91.4 Å². The molecule has 0 aliphatic rings. The second-order valence-corrected chi connectivity index (χ2v) is 8.19. The maximum absolute atomic E-state index is 12.7. The first-order chi connectivity index (χ1) is 16.1. The van der Waals surface area contributed by atoms with Crippen molar-refractivity contribution in [2.24, 2.45) is 0 Å². The molecule has 0 saturated heterocycles. The van der Waals surface area contributed by atoms with Crippen LogP contribution in [0.25, 0.3) is 11.4 Å². The zero-order chi connectivity index (χ0) is 23.2. The molecule has 0 aliphatic heterocycles. The maximum atomic E-state index is 12.7. The number of rotatable bonds is 9. The third-order valence-corrected chi connectivity index (χ3v) is 5.87. The van der Waals surface area contributed by atoms with Crippen LogP contribution < -0.4 is 14.8 Å². The molecule has 0 saturated carbocycles. The number of benzene rings is 2. The second-order valence-electron chi connectivity index (χ2n) is 7.24. The van der Waals surface area contributed by atoms with Gasteiger partial charge in [0.2, 0.25) is 5.91 Å². The third-order valence-electron chi connectivity index (χ3n) is 4.90. The molecule has 170 valence electrons. The first-order valence-corrected chi connectivity index (χ1v) is 11.2. The van der Waals surface area contributed by atoms with Gasteiger partial charge in [-0.1, -0.05) is 35.5 Å². The summed E-state index contributed by atoms with van der Waals surface area (Å²) in [5, 5.41) is 12.3. The molecule has 8 nitrogen and oxygen atoms in total. The number of furan rings is 1. The quantitative estimate of drug-likeness (QED) is 0.361. The Morgan fingerprint density at radius 1 is 1.09 bits per heavy atom. The largest absolute Gasteiger partial charge is 0.497 e. The van der Waals surface area contributed by atoms with Crippen LogP contribution in [0.1, 0.15) is 11.3 Å². The van der Waals surface area contributed by atoms with Crippen LogP contribution >= 0.6 is 11.8 Å². The Morgan fingerprint density at radius 2 is 1.97 bits per heavy atom. The van der Waals surface area contributed by atoms with Crippen molar-refractivity contribution in [2.75, 3.05) is 25.3 Å². The maximum Gasteiger partial charge on any atom is 0.234 e. The molecule has 0 bridgehead atoms. The van der Waals surface area contributed by atoms with Crippen molar-refractivity contribution < 1.29 is 18.7 Å². The Labute approximate surface area is 195 Å². The fourth-order valence-electron chi connectivity index (χ4n) is 3.31. The van der Waals surface area contributed by atoms with Gasteiger partial charge in [0, 0.05) is 11.6 Å². The molecule has 4 aromatic rings. The van der Waals surface area contributed by atoms with Gasteiger partial charge < -0.3 is 19.2 Å². The lowest BCUT2D eigenvalue weighted by Gasteiger charge is -2.12. The molecule has 2 aromatic carbocycles. The normalized spacial score (nSPS) is 10.8. The summed E-state index contributed by atoms with van der Waals surface area (Å²) in [6, 6.07) is 17.0. The number of nitrogens with zero attached hydrogens (tertiary/aromatic N) is 3. The molecule has 0 atom stereocenters. The SMILES string of the molecule is COc1ccc(NC(=O)CSc2nnc(-c3cccc(C)c3)n2Cc2ccco2)c(OC)c1. The summed E-state index contributed by atoms with van der Waals surface area (Å²) < 4.78 is 18.0. The molecule has 0 fully saturated rings. The van der Waals surface area contributed by atoms with E-state index in [-0.39, 0.29) is 11.7 Å². The van der Waals surface area contributed by atoms with Gasteiger partial charge in [0.15, 0.2) is 11.0 Å². The van der Waals surface area contributed by atoms with Crippen LogP contribution in [-0.2, 0) is 11.3 Å². The van der Waals surface area contributed by atoms with E-state index in [1.807, 2.05) is 41.8 Å². The molecule has 0 spiro atoms. The van der Waals surface area contributed by atoms with Crippen LogP contribution in [-0.4, -0.2) is 40.6 Å². The van der Waals surface area contributed by atoms with E-state index in [0.29, 0.717) is 28.9 Å². The molecule has 4 rings (SSSR count). The molecule has 0 unspecified atom stereocenters. The molecule has 9 heteroatoms. The van der Waals surface area contributed by atoms with E-state index in [1.54, 1.807) is 38.7 Å². The van der Waals surface area contributed by atoms with Crippen LogP contribution in [0.2, 0.25) is 0 Å². The summed E-state index contributed by atoms with van der Waals surface area (Å²) in [5.74, 6) is 2.63. The van der Waals surface area contributed by atoms with Crippen LogP contribution in [0.4, 0.5) is 5.69 Å². The number of carbonyl (C=O) groups is 1. The van der Waals surface area contributed by atoms with Gasteiger partial charge in [-0.2, -0.15) is 0 Å². The van der Waals surface area contributed by atoms with Crippen LogP contribution in [0.5, 0.6) is 11.5 Å². The van der Waals surface area contributed by atoms with Gasteiger partial charge in [-0.15, -0.1) is 10.2 Å². The van der Waals surface area contributed by atoms with Gasteiger partial charge in [-0.25, -0.2) is 0 Å². The zero-order valence-corrected chi connectivity index (χ0v) is 19.4. The number of hydrogen-bond donors (Lipinski definition) is 1. The Kier molecular flexibility index (Phi) is 6.99. The molecule has 0 aliphatic carbocycles. The smallest absolute Gasteiger partial charge is 0.234 e. The minimum atomic E-state index is -0.187. The van der Waals surface area contributed by atoms with Gasteiger partial charge in [-0.3, -0.25) is 9.36 Å². The molecule has 1 amide bonds. The van der Waals surface area contributed by atoms with E-state index in [0.717, 1.165) is 22.7 Å². The van der Waals surface area contributed by atoms with E-state index in [2.05, 4.69) is 21.6 Å². The number of nitrogens with one attached hydrogen (secondary N) is 1. The number of aromatic nitrogens is 3.